The molecule has 1 amide bonds. The van der Waals surface area contributed by atoms with Gasteiger partial charge in [-0.3, -0.25) is 4.79 Å². The Balaban J connectivity index is 2.24. The standard InChI is InChI=1S/C15H22BrNO2S/c1-11-9-12(5-6-13(11)16)19-10-14(18)17-7-8-20-15(2,3)4/h5-6,9H,7-8,10H2,1-4H3,(H,17,18). The first-order valence-corrected chi connectivity index (χ1v) is 8.35. The molecule has 0 aliphatic carbocycles. The topological polar surface area (TPSA) is 38.3 Å². The number of nitrogens with one attached hydrogen (secondary N) is 1. The molecule has 5 heteroatoms. The van der Waals surface area contributed by atoms with Gasteiger partial charge in [0.1, 0.15) is 5.75 Å². The molecule has 0 spiro atoms. The number of ether oxygens (including phenoxy) is 1. The molecule has 1 aromatic rings. The average molecular weight is 360 g/mol. The lowest BCUT2D eigenvalue weighted by Crippen LogP contribution is -2.31. The van der Waals surface area contributed by atoms with Crippen LogP contribution in [0.5, 0.6) is 5.75 Å². The van der Waals surface area contributed by atoms with Gasteiger partial charge in [0.2, 0.25) is 0 Å². The number of halogens is 1. The first-order valence-electron chi connectivity index (χ1n) is 6.57. The molecule has 0 radical (unpaired) electrons. The van der Waals surface area contributed by atoms with Crippen LogP contribution in [0.4, 0.5) is 0 Å². The van der Waals surface area contributed by atoms with Crippen molar-refractivity contribution in [3.05, 3.63) is 28.2 Å². The Morgan fingerprint density at radius 3 is 2.70 bits per heavy atom. The van der Waals surface area contributed by atoms with Crippen LogP contribution in [0.25, 0.3) is 0 Å². The number of rotatable bonds is 6. The van der Waals surface area contributed by atoms with E-state index >= 15 is 0 Å². The molecule has 0 aromatic heterocycles. The SMILES string of the molecule is Cc1cc(OCC(=O)NCCSC(C)(C)C)ccc1Br. The van der Waals surface area contributed by atoms with Gasteiger partial charge in [-0.1, -0.05) is 36.7 Å². The number of hydrogen-bond acceptors (Lipinski definition) is 3. The van der Waals surface area contributed by atoms with Crippen molar-refractivity contribution in [2.75, 3.05) is 18.9 Å². The van der Waals surface area contributed by atoms with Crippen LogP contribution in [-0.4, -0.2) is 29.6 Å². The summed E-state index contributed by atoms with van der Waals surface area (Å²) in [5, 5.41) is 2.86. The van der Waals surface area contributed by atoms with E-state index in [1.165, 1.54) is 0 Å². The monoisotopic (exact) mass is 359 g/mol. The van der Waals surface area contributed by atoms with Crippen molar-refractivity contribution in [3.63, 3.8) is 0 Å². The largest absolute Gasteiger partial charge is 0.484 e. The molecule has 0 bridgehead atoms. The third-order valence-electron chi connectivity index (χ3n) is 2.46. The predicted molar refractivity (Wildman–Crippen MR) is 89.6 cm³/mol. The lowest BCUT2D eigenvalue weighted by atomic mass is 10.2. The average Bonchev–Trinajstić information content (AvgIpc) is 2.35. The second-order valence-electron chi connectivity index (χ2n) is 5.51. The molecule has 112 valence electrons. The van der Waals surface area contributed by atoms with Gasteiger partial charge in [0.25, 0.3) is 5.91 Å². The normalized spacial score (nSPS) is 11.2. The van der Waals surface area contributed by atoms with Gasteiger partial charge in [-0.15, -0.1) is 0 Å². The molecule has 0 saturated carbocycles. The maximum absolute atomic E-state index is 11.6. The highest BCUT2D eigenvalue weighted by Gasteiger charge is 2.10. The van der Waals surface area contributed by atoms with E-state index < -0.39 is 0 Å². The number of carbonyl (C=O) groups is 1. The van der Waals surface area contributed by atoms with Gasteiger partial charge in [-0.2, -0.15) is 11.8 Å². The Morgan fingerprint density at radius 2 is 2.10 bits per heavy atom. The van der Waals surface area contributed by atoms with E-state index in [4.69, 9.17) is 4.74 Å². The van der Waals surface area contributed by atoms with Crippen molar-refractivity contribution in [2.24, 2.45) is 0 Å². The number of hydrogen-bond donors (Lipinski definition) is 1. The first-order chi connectivity index (χ1) is 9.28. The van der Waals surface area contributed by atoms with Gasteiger partial charge in [-0.25, -0.2) is 0 Å². The van der Waals surface area contributed by atoms with Gasteiger partial charge in [-0.05, 0) is 30.7 Å². The van der Waals surface area contributed by atoms with Gasteiger partial charge in [0, 0.05) is 21.5 Å². The van der Waals surface area contributed by atoms with Crippen molar-refractivity contribution in [1.82, 2.24) is 5.32 Å². The molecule has 20 heavy (non-hydrogen) atoms. The molecular weight excluding hydrogens is 338 g/mol. The van der Waals surface area contributed by atoms with Crippen LogP contribution in [0.15, 0.2) is 22.7 Å². The zero-order valence-electron chi connectivity index (χ0n) is 12.5. The summed E-state index contributed by atoms with van der Waals surface area (Å²) in [6, 6.07) is 5.68. The molecule has 1 aromatic carbocycles. The molecule has 0 heterocycles. The maximum atomic E-state index is 11.6. The summed E-state index contributed by atoms with van der Waals surface area (Å²) in [7, 11) is 0. The zero-order chi connectivity index (χ0) is 15.2. The van der Waals surface area contributed by atoms with Crippen LogP contribution in [0.2, 0.25) is 0 Å². The number of thioether (sulfide) groups is 1. The van der Waals surface area contributed by atoms with E-state index in [2.05, 4.69) is 42.0 Å². The molecule has 0 aliphatic heterocycles. The van der Waals surface area contributed by atoms with E-state index in [1.54, 1.807) is 0 Å². The summed E-state index contributed by atoms with van der Waals surface area (Å²) >= 11 is 5.26. The highest BCUT2D eigenvalue weighted by molar-refractivity contribution is 9.10. The third-order valence-corrected chi connectivity index (χ3v) is 4.62. The molecule has 0 atom stereocenters. The van der Waals surface area contributed by atoms with E-state index in [1.807, 2.05) is 36.9 Å². The van der Waals surface area contributed by atoms with Crippen LogP contribution in [0.1, 0.15) is 26.3 Å². The van der Waals surface area contributed by atoms with Crippen molar-refractivity contribution in [1.29, 1.82) is 0 Å². The fourth-order valence-corrected chi connectivity index (χ4v) is 2.52. The Morgan fingerprint density at radius 1 is 1.40 bits per heavy atom. The molecule has 0 saturated heterocycles. The van der Waals surface area contributed by atoms with Crippen LogP contribution >= 0.6 is 27.7 Å². The fraction of sp³-hybridized carbons (Fsp3) is 0.533. The highest BCUT2D eigenvalue weighted by atomic mass is 79.9. The van der Waals surface area contributed by atoms with E-state index in [0.717, 1.165) is 15.8 Å². The summed E-state index contributed by atoms with van der Waals surface area (Å²) in [6.45, 7) is 9.21. The Hall–Kier alpha value is -0.680. The minimum Gasteiger partial charge on any atom is -0.484 e. The lowest BCUT2D eigenvalue weighted by molar-refractivity contribution is -0.122. The van der Waals surface area contributed by atoms with Crippen molar-refractivity contribution < 1.29 is 9.53 Å². The lowest BCUT2D eigenvalue weighted by Gasteiger charge is -2.17. The van der Waals surface area contributed by atoms with Crippen LogP contribution in [0.3, 0.4) is 0 Å². The second kappa shape index (κ2) is 7.93. The van der Waals surface area contributed by atoms with E-state index in [0.29, 0.717) is 12.3 Å². The molecule has 0 aliphatic rings. The van der Waals surface area contributed by atoms with E-state index in [-0.39, 0.29) is 17.3 Å². The predicted octanol–water partition coefficient (Wildman–Crippen LogP) is 3.78. The van der Waals surface area contributed by atoms with Crippen LogP contribution in [0, 0.1) is 6.92 Å². The van der Waals surface area contributed by atoms with Crippen LogP contribution in [-0.2, 0) is 4.79 Å². The smallest absolute Gasteiger partial charge is 0.257 e. The number of benzene rings is 1. The Kier molecular flexibility index (Phi) is 6.89. The zero-order valence-corrected chi connectivity index (χ0v) is 14.9. The third kappa shape index (κ3) is 7.20. The molecule has 1 rings (SSSR count). The number of amides is 1. The van der Waals surface area contributed by atoms with E-state index in [9.17, 15) is 4.79 Å². The Bertz CT molecular complexity index is 458. The summed E-state index contributed by atoms with van der Waals surface area (Å²) in [5.41, 5.74) is 1.09. The molecule has 0 unspecified atom stereocenters. The first kappa shape index (κ1) is 17.4. The quantitative estimate of drug-likeness (QED) is 0.785. The summed E-state index contributed by atoms with van der Waals surface area (Å²) in [6.07, 6.45) is 0. The Labute approximate surface area is 134 Å². The summed E-state index contributed by atoms with van der Waals surface area (Å²) < 4.78 is 6.73. The molecular formula is C15H22BrNO2S. The molecule has 3 nitrogen and oxygen atoms in total. The van der Waals surface area contributed by atoms with Crippen LogP contribution < -0.4 is 10.1 Å². The van der Waals surface area contributed by atoms with Gasteiger partial charge in [0.15, 0.2) is 6.61 Å². The molecule has 0 fully saturated rings. The van der Waals surface area contributed by atoms with Crippen molar-refractivity contribution >= 4 is 33.6 Å². The number of aryl methyl sites for hydroxylation is 1. The number of carbonyl (C=O) groups excluding carboxylic acids is 1. The minimum absolute atomic E-state index is 0.0568. The minimum atomic E-state index is -0.0833. The van der Waals surface area contributed by atoms with Gasteiger partial charge < -0.3 is 10.1 Å². The molecule has 1 N–H and O–H groups in total. The van der Waals surface area contributed by atoms with Crippen molar-refractivity contribution in [3.8, 4) is 5.75 Å². The van der Waals surface area contributed by atoms with Gasteiger partial charge >= 0.3 is 0 Å². The van der Waals surface area contributed by atoms with Gasteiger partial charge in [0.05, 0.1) is 0 Å². The highest BCUT2D eigenvalue weighted by Crippen LogP contribution is 2.22. The maximum Gasteiger partial charge on any atom is 0.257 e. The summed E-state index contributed by atoms with van der Waals surface area (Å²) in [5.74, 6) is 1.54. The fourth-order valence-electron chi connectivity index (χ4n) is 1.45. The summed E-state index contributed by atoms with van der Waals surface area (Å²) in [4.78, 5) is 11.6. The second-order valence-corrected chi connectivity index (χ2v) is 8.29. The van der Waals surface area contributed by atoms with Crippen molar-refractivity contribution in [2.45, 2.75) is 32.4 Å².